The predicted octanol–water partition coefficient (Wildman–Crippen LogP) is 3.91. The molecule has 0 saturated heterocycles. The van der Waals surface area contributed by atoms with Gasteiger partial charge in [0, 0.05) is 15.6 Å². The van der Waals surface area contributed by atoms with Crippen molar-refractivity contribution in [1.29, 1.82) is 0 Å². The van der Waals surface area contributed by atoms with Gasteiger partial charge >= 0.3 is 0 Å². The molecule has 0 radical (unpaired) electrons. The number of hydrogen-bond acceptors (Lipinski definition) is 2. The lowest BCUT2D eigenvalue weighted by atomic mass is 10.1. The Kier molecular flexibility index (Phi) is 3.64. The van der Waals surface area contributed by atoms with E-state index in [0.29, 0.717) is 10.0 Å². The summed E-state index contributed by atoms with van der Waals surface area (Å²) in [4.78, 5) is -0.156. The second-order valence-electron chi connectivity index (χ2n) is 3.62. The van der Waals surface area contributed by atoms with Gasteiger partial charge in [0.05, 0.1) is 4.90 Å². The van der Waals surface area contributed by atoms with Crippen LogP contribution < -0.4 is 0 Å². The van der Waals surface area contributed by atoms with Gasteiger partial charge in [-0.3, -0.25) is 4.55 Å². The molecule has 0 unspecified atom stereocenters. The smallest absolute Gasteiger partial charge is 0.282 e. The summed E-state index contributed by atoms with van der Waals surface area (Å²) in [6.45, 7) is 0. The molecule has 3 nitrogen and oxygen atoms in total. The maximum atomic E-state index is 10.9. The summed E-state index contributed by atoms with van der Waals surface area (Å²) in [5.41, 5.74) is 1.48. The zero-order valence-electron chi connectivity index (χ0n) is 8.97. The van der Waals surface area contributed by atoms with Gasteiger partial charge in [-0.1, -0.05) is 41.4 Å². The molecule has 0 aliphatic rings. The minimum Gasteiger partial charge on any atom is -0.282 e. The van der Waals surface area contributed by atoms with Gasteiger partial charge in [0.1, 0.15) is 0 Å². The van der Waals surface area contributed by atoms with Crippen LogP contribution in [0.4, 0.5) is 0 Å². The molecule has 0 heterocycles. The summed E-state index contributed by atoms with van der Waals surface area (Å²) >= 11 is 11.8. The van der Waals surface area contributed by atoms with Gasteiger partial charge in [-0.05, 0) is 29.8 Å². The molecule has 0 fully saturated rings. The summed E-state index contributed by atoms with van der Waals surface area (Å²) < 4.78 is 30.7. The fourth-order valence-corrected chi connectivity index (χ4v) is 2.53. The van der Waals surface area contributed by atoms with Gasteiger partial charge in [0.25, 0.3) is 10.1 Å². The molecular weight excluding hydrogens is 295 g/mol. The van der Waals surface area contributed by atoms with Crippen LogP contribution in [0.25, 0.3) is 11.1 Å². The summed E-state index contributed by atoms with van der Waals surface area (Å²) in [5, 5.41) is 1.00. The Morgan fingerprint density at radius 1 is 0.944 bits per heavy atom. The lowest BCUT2D eigenvalue weighted by Gasteiger charge is -2.05. The highest BCUT2D eigenvalue weighted by Crippen LogP contribution is 2.30. The largest absolute Gasteiger partial charge is 0.294 e. The number of rotatable bonds is 2. The van der Waals surface area contributed by atoms with Gasteiger partial charge in [-0.25, -0.2) is 0 Å². The van der Waals surface area contributed by atoms with Crippen LogP contribution in [0.1, 0.15) is 0 Å². The number of benzene rings is 2. The van der Waals surface area contributed by atoms with Crippen LogP contribution in [0.2, 0.25) is 10.0 Å². The Labute approximate surface area is 115 Å². The van der Waals surface area contributed by atoms with Gasteiger partial charge in [0.2, 0.25) is 0 Å². The molecule has 2 rings (SSSR count). The quantitative estimate of drug-likeness (QED) is 0.856. The first-order valence-electron chi connectivity index (χ1n) is 4.91. The molecule has 0 atom stereocenters. The van der Waals surface area contributed by atoms with Crippen molar-refractivity contribution in [3.05, 3.63) is 52.5 Å². The topological polar surface area (TPSA) is 54.4 Å². The minimum absolute atomic E-state index is 0.156. The first-order chi connectivity index (χ1) is 8.38. The third kappa shape index (κ3) is 2.84. The van der Waals surface area contributed by atoms with E-state index in [-0.39, 0.29) is 4.90 Å². The Morgan fingerprint density at radius 2 is 1.56 bits per heavy atom. The molecule has 2 aromatic carbocycles. The molecule has 18 heavy (non-hydrogen) atoms. The summed E-state index contributed by atoms with van der Waals surface area (Å²) in [5.74, 6) is 0. The maximum Gasteiger partial charge on any atom is 0.294 e. The van der Waals surface area contributed by atoms with E-state index in [1.165, 1.54) is 12.1 Å². The maximum absolute atomic E-state index is 10.9. The first kappa shape index (κ1) is 13.4. The Bertz CT molecular complexity index is 679. The minimum atomic E-state index is -4.17. The highest BCUT2D eigenvalue weighted by Gasteiger charge is 2.10. The normalized spacial score (nSPS) is 11.5. The van der Waals surface area contributed by atoms with Crippen LogP contribution in [0.15, 0.2) is 47.4 Å². The van der Waals surface area contributed by atoms with Crippen molar-refractivity contribution in [1.82, 2.24) is 0 Å². The zero-order valence-corrected chi connectivity index (χ0v) is 11.3. The molecular formula is C12H8Cl2O3S. The van der Waals surface area contributed by atoms with Crippen molar-refractivity contribution in [3.8, 4) is 11.1 Å². The van der Waals surface area contributed by atoms with E-state index in [2.05, 4.69) is 0 Å². The predicted molar refractivity (Wildman–Crippen MR) is 71.7 cm³/mol. The van der Waals surface area contributed by atoms with Gasteiger partial charge in [-0.2, -0.15) is 8.42 Å². The standard InChI is InChI=1S/C12H8Cl2O3S/c13-9-3-6-11(12(14)7-9)8-1-4-10(5-2-8)18(15,16)17/h1-7H,(H,15,16,17). The molecule has 6 heteroatoms. The van der Waals surface area contributed by atoms with Crippen LogP contribution in [0.5, 0.6) is 0 Å². The highest BCUT2D eigenvalue weighted by atomic mass is 35.5. The van der Waals surface area contributed by atoms with E-state index < -0.39 is 10.1 Å². The average molecular weight is 303 g/mol. The van der Waals surface area contributed by atoms with E-state index in [9.17, 15) is 8.42 Å². The van der Waals surface area contributed by atoms with Crippen LogP contribution in [-0.2, 0) is 10.1 Å². The molecule has 0 saturated carbocycles. The molecule has 0 aliphatic carbocycles. The summed E-state index contributed by atoms with van der Waals surface area (Å²) in [7, 11) is -4.17. The van der Waals surface area contributed by atoms with E-state index in [1.54, 1.807) is 30.3 Å². The van der Waals surface area contributed by atoms with E-state index >= 15 is 0 Å². The molecule has 1 N–H and O–H groups in total. The molecule has 0 aromatic heterocycles. The third-order valence-electron chi connectivity index (χ3n) is 2.39. The summed E-state index contributed by atoms with van der Waals surface area (Å²) in [6.07, 6.45) is 0. The molecule has 0 amide bonds. The number of halogens is 2. The van der Waals surface area contributed by atoms with Crippen molar-refractivity contribution < 1.29 is 13.0 Å². The fraction of sp³-hybridized carbons (Fsp3) is 0. The van der Waals surface area contributed by atoms with Crippen LogP contribution >= 0.6 is 23.2 Å². The van der Waals surface area contributed by atoms with Gasteiger partial charge in [0.15, 0.2) is 0 Å². The Balaban J connectivity index is 2.47. The second-order valence-corrected chi connectivity index (χ2v) is 5.89. The van der Waals surface area contributed by atoms with Crippen molar-refractivity contribution in [2.24, 2.45) is 0 Å². The first-order valence-corrected chi connectivity index (χ1v) is 7.10. The van der Waals surface area contributed by atoms with Crippen LogP contribution in [0.3, 0.4) is 0 Å². The fourth-order valence-electron chi connectivity index (χ4n) is 1.53. The van der Waals surface area contributed by atoms with Crippen LogP contribution in [0, 0.1) is 0 Å². The van der Waals surface area contributed by atoms with E-state index in [0.717, 1.165) is 11.1 Å². The van der Waals surface area contributed by atoms with Crippen molar-refractivity contribution in [2.45, 2.75) is 4.90 Å². The molecule has 0 aliphatic heterocycles. The van der Waals surface area contributed by atoms with Crippen molar-refractivity contribution in [2.75, 3.05) is 0 Å². The SMILES string of the molecule is O=S(=O)(O)c1ccc(-c2ccc(Cl)cc2Cl)cc1. The lowest BCUT2D eigenvalue weighted by Crippen LogP contribution is -1.97. The van der Waals surface area contributed by atoms with Gasteiger partial charge < -0.3 is 0 Å². The Morgan fingerprint density at radius 3 is 2.06 bits per heavy atom. The highest BCUT2D eigenvalue weighted by molar-refractivity contribution is 7.85. The van der Waals surface area contributed by atoms with Gasteiger partial charge in [-0.15, -0.1) is 0 Å². The summed E-state index contributed by atoms with van der Waals surface area (Å²) in [6, 6.07) is 10.8. The Hall–Kier alpha value is -1.07. The average Bonchev–Trinajstić information content (AvgIpc) is 2.28. The molecule has 0 spiro atoms. The van der Waals surface area contributed by atoms with E-state index in [1.807, 2.05) is 0 Å². The molecule has 94 valence electrons. The lowest BCUT2D eigenvalue weighted by molar-refractivity contribution is 0.483. The van der Waals surface area contributed by atoms with Crippen LogP contribution in [-0.4, -0.2) is 13.0 Å². The van der Waals surface area contributed by atoms with E-state index in [4.69, 9.17) is 27.8 Å². The monoisotopic (exact) mass is 302 g/mol. The molecule has 2 aromatic rings. The molecule has 0 bridgehead atoms. The third-order valence-corrected chi connectivity index (χ3v) is 3.81. The number of hydrogen-bond donors (Lipinski definition) is 1. The second kappa shape index (κ2) is 4.90. The van der Waals surface area contributed by atoms with Crippen molar-refractivity contribution >= 4 is 33.3 Å². The zero-order chi connectivity index (χ0) is 13.3. The van der Waals surface area contributed by atoms with Crippen molar-refractivity contribution in [3.63, 3.8) is 0 Å².